The second-order valence-electron chi connectivity index (χ2n) is 4.83. The Morgan fingerprint density at radius 1 is 1.26 bits per heavy atom. The molecule has 0 spiro atoms. The third-order valence-electron chi connectivity index (χ3n) is 3.32. The number of nitrogens with zero attached hydrogens (tertiary/aromatic N) is 2. The highest BCUT2D eigenvalue weighted by Crippen LogP contribution is 2.25. The van der Waals surface area contributed by atoms with Gasteiger partial charge in [-0.05, 0) is 25.0 Å². The van der Waals surface area contributed by atoms with Crippen LogP contribution in [0.15, 0.2) is 30.6 Å². The van der Waals surface area contributed by atoms with Crippen LogP contribution in [0.2, 0.25) is 10.0 Å². The third-order valence-corrected chi connectivity index (χ3v) is 4.03. The number of aromatic nitrogens is 2. The number of rotatable bonds is 5. The highest BCUT2D eigenvalue weighted by atomic mass is 35.5. The van der Waals surface area contributed by atoms with Crippen molar-refractivity contribution in [3.63, 3.8) is 0 Å². The molecule has 0 bridgehead atoms. The molecule has 3 rings (SSSR count). The van der Waals surface area contributed by atoms with Gasteiger partial charge in [0, 0.05) is 34.0 Å². The Balaban J connectivity index is 1.77. The second-order valence-corrected chi connectivity index (χ2v) is 5.64. The van der Waals surface area contributed by atoms with Crippen LogP contribution in [-0.2, 0) is 13.1 Å². The van der Waals surface area contributed by atoms with Crippen molar-refractivity contribution in [1.82, 2.24) is 14.9 Å². The summed E-state index contributed by atoms with van der Waals surface area (Å²) in [7, 11) is 0. The molecule has 1 saturated carbocycles. The van der Waals surface area contributed by atoms with Crippen LogP contribution in [-0.4, -0.2) is 15.6 Å². The van der Waals surface area contributed by atoms with E-state index in [0.717, 1.165) is 17.9 Å². The van der Waals surface area contributed by atoms with Gasteiger partial charge in [-0.25, -0.2) is 4.98 Å². The molecule has 3 nitrogen and oxygen atoms in total. The molecular weight excluding hydrogens is 281 g/mol. The Hall–Kier alpha value is -1.03. The molecule has 1 heterocycles. The normalized spacial score (nSPS) is 14.8. The standard InChI is InChI=1S/C14H15Cl2N3/c15-12-2-1-3-13(16)11(12)9-19-7-6-17-14(19)8-18-10-4-5-10/h1-3,6-7,10,18H,4-5,8-9H2. The van der Waals surface area contributed by atoms with Crippen molar-refractivity contribution in [2.75, 3.05) is 0 Å². The van der Waals surface area contributed by atoms with Gasteiger partial charge in [0.05, 0.1) is 13.1 Å². The highest BCUT2D eigenvalue weighted by Gasteiger charge is 2.21. The lowest BCUT2D eigenvalue weighted by Crippen LogP contribution is -2.19. The second kappa shape index (κ2) is 5.53. The molecule has 1 fully saturated rings. The predicted octanol–water partition coefficient (Wildman–Crippen LogP) is 3.49. The molecule has 1 aromatic heterocycles. The van der Waals surface area contributed by atoms with Gasteiger partial charge >= 0.3 is 0 Å². The van der Waals surface area contributed by atoms with Crippen LogP contribution in [0.4, 0.5) is 0 Å². The van der Waals surface area contributed by atoms with Gasteiger partial charge in [-0.3, -0.25) is 0 Å². The molecule has 0 unspecified atom stereocenters. The SMILES string of the molecule is Clc1cccc(Cl)c1Cn1ccnc1CNC1CC1. The zero-order chi connectivity index (χ0) is 13.2. The van der Waals surface area contributed by atoms with Gasteiger partial charge in [0.25, 0.3) is 0 Å². The van der Waals surface area contributed by atoms with Gasteiger partial charge in [0.2, 0.25) is 0 Å². The van der Waals surface area contributed by atoms with E-state index in [-0.39, 0.29) is 0 Å². The van der Waals surface area contributed by atoms with E-state index >= 15 is 0 Å². The van der Waals surface area contributed by atoms with Crippen molar-refractivity contribution in [3.05, 3.63) is 52.0 Å². The lowest BCUT2D eigenvalue weighted by atomic mass is 10.2. The highest BCUT2D eigenvalue weighted by molar-refractivity contribution is 6.35. The maximum Gasteiger partial charge on any atom is 0.122 e. The number of hydrogen-bond acceptors (Lipinski definition) is 2. The molecule has 1 N–H and O–H groups in total. The summed E-state index contributed by atoms with van der Waals surface area (Å²) in [4.78, 5) is 4.39. The van der Waals surface area contributed by atoms with Crippen LogP contribution in [0, 0.1) is 0 Å². The Bertz CT molecular complexity index is 556. The van der Waals surface area contributed by atoms with Crippen molar-refractivity contribution in [2.45, 2.75) is 32.0 Å². The molecule has 0 saturated heterocycles. The van der Waals surface area contributed by atoms with E-state index in [1.54, 1.807) is 0 Å². The topological polar surface area (TPSA) is 29.9 Å². The minimum absolute atomic E-state index is 0.653. The smallest absolute Gasteiger partial charge is 0.122 e. The van der Waals surface area contributed by atoms with E-state index in [1.807, 2.05) is 30.6 Å². The molecule has 1 aromatic carbocycles. The monoisotopic (exact) mass is 295 g/mol. The summed E-state index contributed by atoms with van der Waals surface area (Å²) in [6, 6.07) is 6.26. The van der Waals surface area contributed by atoms with E-state index in [2.05, 4.69) is 14.9 Å². The minimum atomic E-state index is 0.653. The summed E-state index contributed by atoms with van der Waals surface area (Å²) in [5, 5.41) is 4.86. The average molecular weight is 296 g/mol. The van der Waals surface area contributed by atoms with E-state index < -0.39 is 0 Å². The third kappa shape index (κ3) is 3.11. The molecule has 2 aromatic rings. The molecule has 1 aliphatic rings. The van der Waals surface area contributed by atoms with Crippen LogP contribution in [0.25, 0.3) is 0 Å². The van der Waals surface area contributed by atoms with Crippen LogP contribution < -0.4 is 5.32 Å². The largest absolute Gasteiger partial charge is 0.329 e. The molecule has 0 radical (unpaired) electrons. The van der Waals surface area contributed by atoms with Gasteiger partial charge in [-0.1, -0.05) is 29.3 Å². The maximum atomic E-state index is 6.20. The number of hydrogen-bond donors (Lipinski definition) is 1. The van der Waals surface area contributed by atoms with Crippen molar-refractivity contribution < 1.29 is 0 Å². The van der Waals surface area contributed by atoms with Crippen molar-refractivity contribution in [1.29, 1.82) is 0 Å². The number of imidazole rings is 1. The summed E-state index contributed by atoms with van der Waals surface area (Å²) in [6.07, 6.45) is 6.33. The van der Waals surface area contributed by atoms with Crippen LogP contribution in [0.1, 0.15) is 24.2 Å². The lowest BCUT2D eigenvalue weighted by Gasteiger charge is -2.11. The zero-order valence-electron chi connectivity index (χ0n) is 10.4. The molecule has 0 amide bonds. The number of halogens is 2. The van der Waals surface area contributed by atoms with Gasteiger partial charge in [0.15, 0.2) is 0 Å². The van der Waals surface area contributed by atoms with Gasteiger partial charge < -0.3 is 9.88 Å². The summed E-state index contributed by atoms with van der Waals surface area (Å²) in [6.45, 7) is 1.44. The predicted molar refractivity (Wildman–Crippen MR) is 77.7 cm³/mol. The van der Waals surface area contributed by atoms with Gasteiger partial charge in [-0.15, -0.1) is 0 Å². The van der Waals surface area contributed by atoms with E-state index in [1.165, 1.54) is 12.8 Å². The lowest BCUT2D eigenvalue weighted by molar-refractivity contribution is 0.618. The maximum absolute atomic E-state index is 6.20. The van der Waals surface area contributed by atoms with E-state index in [0.29, 0.717) is 22.6 Å². The zero-order valence-corrected chi connectivity index (χ0v) is 12.0. The first-order valence-corrected chi connectivity index (χ1v) is 7.16. The molecule has 1 aliphatic carbocycles. The Morgan fingerprint density at radius 2 is 2.00 bits per heavy atom. The molecule has 0 atom stereocenters. The minimum Gasteiger partial charge on any atom is -0.329 e. The summed E-state index contributed by atoms with van der Waals surface area (Å²) < 4.78 is 2.09. The fourth-order valence-corrected chi connectivity index (χ4v) is 2.54. The Labute approximate surface area is 122 Å². The molecule has 5 heteroatoms. The molecule has 100 valence electrons. The Morgan fingerprint density at radius 3 is 2.68 bits per heavy atom. The van der Waals surface area contributed by atoms with Gasteiger partial charge in [-0.2, -0.15) is 0 Å². The van der Waals surface area contributed by atoms with Crippen LogP contribution in [0.3, 0.4) is 0 Å². The van der Waals surface area contributed by atoms with Crippen molar-refractivity contribution >= 4 is 23.2 Å². The fraction of sp³-hybridized carbons (Fsp3) is 0.357. The van der Waals surface area contributed by atoms with E-state index in [9.17, 15) is 0 Å². The molecule has 0 aliphatic heterocycles. The fourth-order valence-electron chi connectivity index (χ4n) is 2.03. The average Bonchev–Trinajstić information content (AvgIpc) is 3.11. The molecular formula is C14H15Cl2N3. The number of nitrogens with one attached hydrogen (secondary N) is 1. The van der Waals surface area contributed by atoms with Gasteiger partial charge in [0.1, 0.15) is 5.82 Å². The number of benzene rings is 1. The van der Waals surface area contributed by atoms with E-state index in [4.69, 9.17) is 23.2 Å². The van der Waals surface area contributed by atoms with Crippen LogP contribution in [0.5, 0.6) is 0 Å². The quantitative estimate of drug-likeness (QED) is 0.915. The van der Waals surface area contributed by atoms with Crippen LogP contribution >= 0.6 is 23.2 Å². The Kier molecular flexibility index (Phi) is 3.78. The summed E-state index contributed by atoms with van der Waals surface area (Å²) in [5.41, 5.74) is 0.941. The first kappa shape index (κ1) is 13.0. The summed E-state index contributed by atoms with van der Waals surface area (Å²) >= 11 is 12.4. The molecule has 19 heavy (non-hydrogen) atoms. The first-order chi connectivity index (χ1) is 9.24. The van der Waals surface area contributed by atoms with Crippen molar-refractivity contribution in [3.8, 4) is 0 Å². The van der Waals surface area contributed by atoms with Crippen molar-refractivity contribution in [2.24, 2.45) is 0 Å². The first-order valence-electron chi connectivity index (χ1n) is 6.40. The summed E-state index contributed by atoms with van der Waals surface area (Å²) in [5.74, 6) is 1.02.